The van der Waals surface area contributed by atoms with Crippen molar-refractivity contribution >= 4 is 44.5 Å². The van der Waals surface area contributed by atoms with Gasteiger partial charge in [0, 0.05) is 17.4 Å². The highest BCUT2D eigenvalue weighted by Gasteiger charge is 2.67. The van der Waals surface area contributed by atoms with E-state index >= 15 is 4.39 Å². The zero-order valence-corrected chi connectivity index (χ0v) is 19.7. The fraction of sp³-hybridized carbons (Fsp3) is 0.318. The van der Waals surface area contributed by atoms with Crippen LogP contribution in [0.3, 0.4) is 0 Å². The Morgan fingerprint density at radius 3 is 2.68 bits per heavy atom. The van der Waals surface area contributed by atoms with Gasteiger partial charge in [0.2, 0.25) is 5.50 Å². The predicted molar refractivity (Wildman–Crippen MR) is 124 cm³/mol. The average molecular weight is 508 g/mol. The van der Waals surface area contributed by atoms with E-state index < -0.39 is 37.4 Å². The monoisotopic (exact) mass is 507 g/mol. The summed E-state index contributed by atoms with van der Waals surface area (Å²) in [5.41, 5.74) is 2.24. The van der Waals surface area contributed by atoms with E-state index in [9.17, 15) is 17.6 Å². The van der Waals surface area contributed by atoms with Gasteiger partial charge in [0.05, 0.1) is 10.7 Å². The van der Waals surface area contributed by atoms with Crippen molar-refractivity contribution in [3.63, 3.8) is 0 Å². The maximum Gasteiger partial charge on any atom is 0.276 e. The van der Waals surface area contributed by atoms with Gasteiger partial charge in [0.15, 0.2) is 9.84 Å². The summed E-state index contributed by atoms with van der Waals surface area (Å²) in [6.07, 6.45) is 1.99. The number of hydrogen-bond acceptors (Lipinski definition) is 6. The number of nitrogens with one attached hydrogen (secondary N) is 1. The summed E-state index contributed by atoms with van der Waals surface area (Å²) >= 11 is 6.01. The molecule has 1 aromatic carbocycles. The molecule has 1 spiro atoms. The van der Waals surface area contributed by atoms with E-state index in [1.165, 1.54) is 19.1 Å². The fourth-order valence-electron chi connectivity index (χ4n) is 4.42. The smallest absolute Gasteiger partial charge is 0.276 e. The summed E-state index contributed by atoms with van der Waals surface area (Å²) in [5, 5.41) is 3.07. The third-order valence-electron chi connectivity index (χ3n) is 6.59. The molecular weight excluding hydrogens is 488 g/mol. The molecule has 34 heavy (non-hydrogen) atoms. The molecule has 1 amide bonds. The van der Waals surface area contributed by atoms with Gasteiger partial charge < -0.3 is 15.5 Å². The number of alkyl halides is 1. The Labute approximate surface area is 198 Å². The van der Waals surface area contributed by atoms with Gasteiger partial charge in [-0.05, 0) is 57.0 Å². The number of rotatable bonds is 3. The minimum Gasteiger partial charge on any atom is -0.386 e. The summed E-state index contributed by atoms with van der Waals surface area (Å²) < 4.78 is 56.1. The largest absolute Gasteiger partial charge is 0.386 e. The second-order valence-electron chi connectivity index (χ2n) is 8.77. The summed E-state index contributed by atoms with van der Waals surface area (Å²) in [4.78, 5) is 21.3. The second kappa shape index (κ2) is 7.22. The third-order valence-corrected chi connectivity index (χ3v) is 9.52. The van der Waals surface area contributed by atoms with Gasteiger partial charge in [-0.2, -0.15) is 0 Å². The van der Waals surface area contributed by atoms with Crippen molar-refractivity contribution in [3.8, 4) is 0 Å². The number of imidazole rings is 1. The number of aliphatic imine (C=N–C) groups is 1. The Kier molecular flexibility index (Phi) is 4.83. The summed E-state index contributed by atoms with van der Waals surface area (Å²) in [5.74, 6) is -1.69. The van der Waals surface area contributed by atoms with Gasteiger partial charge in [0.25, 0.3) is 5.91 Å². The first-order valence-corrected chi connectivity index (χ1v) is 12.3. The highest BCUT2D eigenvalue weighted by atomic mass is 35.5. The number of benzene rings is 1. The quantitative estimate of drug-likeness (QED) is 0.562. The van der Waals surface area contributed by atoms with Crippen molar-refractivity contribution in [2.24, 2.45) is 10.7 Å². The number of fused-ring (bicyclic) bond motifs is 1. The minimum absolute atomic E-state index is 0.112. The summed E-state index contributed by atoms with van der Waals surface area (Å²) in [7, 11) is -4.35. The van der Waals surface area contributed by atoms with E-state index in [4.69, 9.17) is 17.3 Å². The molecule has 3 aromatic rings. The molecule has 8 nitrogen and oxygen atoms in total. The standard InChI is InChI=1S/C22H20ClF2N5O3S/c1-11-17(28-16-6-3-12(23)10-30(11)16)18(31)27-13-4-5-15(24)14(9-13)21(2)19(25)34(32,33)22(7-8-22)20(26)29-21/h3-6,9-10,19H,7-8H2,1-2H3,(H2,26,29)(H,27,31). The number of anilines is 1. The van der Waals surface area contributed by atoms with Crippen LogP contribution in [0, 0.1) is 12.7 Å². The molecule has 3 N–H and O–H groups in total. The first kappa shape index (κ1) is 22.7. The number of nitrogens with zero attached hydrogens (tertiary/aromatic N) is 3. The molecular formula is C22H20ClF2N5O3S. The molecule has 0 saturated heterocycles. The lowest BCUT2D eigenvalue weighted by Gasteiger charge is -2.37. The van der Waals surface area contributed by atoms with E-state index in [2.05, 4.69) is 15.3 Å². The Balaban J connectivity index is 1.52. The predicted octanol–water partition coefficient (Wildman–Crippen LogP) is 3.52. The zero-order valence-electron chi connectivity index (χ0n) is 18.1. The van der Waals surface area contributed by atoms with E-state index in [-0.39, 0.29) is 35.6 Å². The number of amidine groups is 1. The number of aromatic nitrogens is 2. The number of carbonyl (C=O) groups is 1. The molecule has 0 bridgehead atoms. The lowest BCUT2D eigenvalue weighted by atomic mass is 9.92. The van der Waals surface area contributed by atoms with Crippen LogP contribution in [0.25, 0.3) is 5.65 Å². The fourth-order valence-corrected chi connectivity index (χ4v) is 6.77. The van der Waals surface area contributed by atoms with Crippen LogP contribution in [0.1, 0.15) is 41.5 Å². The molecule has 2 aromatic heterocycles. The van der Waals surface area contributed by atoms with Crippen LogP contribution in [0.2, 0.25) is 5.02 Å². The van der Waals surface area contributed by atoms with Gasteiger partial charge in [-0.3, -0.25) is 9.79 Å². The van der Waals surface area contributed by atoms with Crippen LogP contribution in [0.15, 0.2) is 41.5 Å². The van der Waals surface area contributed by atoms with Gasteiger partial charge in [-0.25, -0.2) is 22.2 Å². The maximum atomic E-state index is 15.4. The lowest BCUT2D eigenvalue weighted by Crippen LogP contribution is -2.54. The lowest BCUT2D eigenvalue weighted by molar-refractivity contribution is 0.102. The van der Waals surface area contributed by atoms with Crippen molar-refractivity contribution in [2.75, 3.05) is 5.32 Å². The van der Waals surface area contributed by atoms with Crippen LogP contribution in [0.4, 0.5) is 14.5 Å². The van der Waals surface area contributed by atoms with Crippen LogP contribution in [0.5, 0.6) is 0 Å². The van der Waals surface area contributed by atoms with Crippen molar-refractivity contribution in [1.29, 1.82) is 0 Å². The number of sulfone groups is 1. The SMILES string of the molecule is Cc1c(C(=O)Nc2ccc(F)c(C3(C)N=C(N)C4(CC4)S(=O)(=O)C3F)c2)nc2ccc(Cl)cn12. The van der Waals surface area contributed by atoms with Gasteiger partial charge in [0.1, 0.15) is 33.3 Å². The Morgan fingerprint density at radius 2 is 2.00 bits per heavy atom. The van der Waals surface area contributed by atoms with Crippen molar-refractivity contribution in [1.82, 2.24) is 9.38 Å². The van der Waals surface area contributed by atoms with Crippen molar-refractivity contribution < 1.29 is 22.0 Å². The topological polar surface area (TPSA) is 119 Å². The number of nitrogens with two attached hydrogens (primary N) is 1. The van der Waals surface area contributed by atoms with Crippen LogP contribution in [-0.4, -0.2) is 39.8 Å². The molecule has 5 rings (SSSR count). The Morgan fingerprint density at radius 1 is 1.29 bits per heavy atom. The summed E-state index contributed by atoms with van der Waals surface area (Å²) in [6, 6.07) is 6.75. The van der Waals surface area contributed by atoms with Crippen molar-refractivity contribution in [2.45, 2.75) is 42.5 Å². The van der Waals surface area contributed by atoms with Gasteiger partial charge in [-0.1, -0.05) is 11.6 Å². The second-order valence-corrected chi connectivity index (χ2v) is 11.5. The average Bonchev–Trinajstić information content (AvgIpc) is 3.54. The van der Waals surface area contributed by atoms with Gasteiger partial charge in [-0.15, -0.1) is 0 Å². The molecule has 1 fully saturated rings. The van der Waals surface area contributed by atoms with Crippen LogP contribution >= 0.6 is 11.6 Å². The third kappa shape index (κ3) is 3.06. The molecule has 2 aliphatic rings. The number of carbonyl (C=O) groups excluding carboxylic acids is 1. The molecule has 1 aliphatic heterocycles. The number of amides is 1. The number of hydrogen-bond donors (Lipinski definition) is 2. The molecule has 1 saturated carbocycles. The van der Waals surface area contributed by atoms with E-state index in [0.717, 1.165) is 6.07 Å². The normalized spacial score (nSPS) is 24.7. The van der Waals surface area contributed by atoms with E-state index in [0.29, 0.717) is 16.4 Å². The van der Waals surface area contributed by atoms with Crippen LogP contribution in [-0.2, 0) is 15.4 Å². The van der Waals surface area contributed by atoms with E-state index in [1.54, 1.807) is 29.7 Å². The first-order chi connectivity index (χ1) is 15.9. The Bertz CT molecular complexity index is 1520. The first-order valence-electron chi connectivity index (χ1n) is 10.4. The molecule has 0 radical (unpaired) electrons. The number of aryl methyl sites for hydroxylation is 1. The molecule has 1 aliphatic carbocycles. The number of pyridine rings is 1. The molecule has 178 valence electrons. The highest BCUT2D eigenvalue weighted by molar-refractivity contribution is 7.94. The molecule has 3 heterocycles. The maximum absolute atomic E-state index is 15.4. The van der Waals surface area contributed by atoms with Gasteiger partial charge >= 0.3 is 0 Å². The minimum atomic E-state index is -4.35. The van der Waals surface area contributed by atoms with Crippen LogP contribution < -0.4 is 11.1 Å². The molecule has 2 atom stereocenters. The van der Waals surface area contributed by atoms with Crippen molar-refractivity contribution in [3.05, 3.63) is 64.3 Å². The molecule has 12 heteroatoms. The summed E-state index contributed by atoms with van der Waals surface area (Å²) in [6.45, 7) is 2.87. The van der Waals surface area contributed by atoms with E-state index in [1.807, 2.05) is 0 Å². The zero-order chi connectivity index (χ0) is 24.6. The highest BCUT2D eigenvalue weighted by Crippen LogP contribution is 2.54. The Hall–Kier alpha value is -3.05. The molecule has 2 unspecified atom stereocenters. The number of halogens is 3.